The minimum absolute atomic E-state index is 0.138. The number of tetrazole rings is 1. The maximum Gasteiger partial charge on any atom is 0.253 e. The summed E-state index contributed by atoms with van der Waals surface area (Å²) in [6.07, 6.45) is 6.71. The molecular weight excluding hydrogens is 420 g/mol. The third-order valence-corrected chi connectivity index (χ3v) is 7.00. The molecule has 1 atom stereocenters. The zero-order valence-corrected chi connectivity index (χ0v) is 19.1. The largest absolute Gasteiger partial charge is 0.494 e. The Morgan fingerprint density at radius 2 is 1.94 bits per heavy atom. The number of H-pyrrole nitrogens is 1. The molecule has 1 aliphatic heterocycles. The van der Waals surface area contributed by atoms with Crippen LogP contribution < -0.4 is 10.3 Å². The van der Waals surface area contributed by atoms with Gasteiger partial charge in [0.25, 0.3) is 5.56 Å². The van der Waals surface area contributed by atoms with Crippen LogP contribution in [0.4, 0.5) is 0 Å². The summed E-state index contributed by atoms with van der Waals surface area (Å²) in [5.74, 6) is 1.48. The van der Waals surface area contributed by atoms with Gasteiger partial charge in [0, 0.05) is 29.6 Å². The minimum Gasteiger partial charge on any atom is -0.494 e. The van der Waals surface area contributed by atoms with E-state index < -0.39 is 0 Å². The van der Waals surface area contributed by atoms with Crippen molar-refractivity contribution in [2.45, 2.75) is 70.1 Å². The van der Waals surface area contributed by atoms with Crippen LogP contribution in [0.15, 0.2) is 29.1 Å². The molecule has 3 heterocycles. The normalized spacial score (nSPS) is 19.7. The summed E-state index contributed by atoms with van der Waals surface area (Å²) in [4.78, 5) is 18.6. The Kier molecular flexibility index (Phi) is 6.41. The van der Waals surface area contributed by atoms with E-state index in [0.717, 1.165) is 29.5 Å². The second-order valence-corrected chi connectivity index (χ2v) is 9.18. The zero-order valence-electron chi connectivity index (χ0n) is 19.1. The first-order valence-corrected chi connectivity index (χ1v) is 12.1. The number of aliphatic hydroxyl groups is 1. The first kappa shape index (κ1) is 22.0. The van der Waals surface area contributed by atoms with Gasteiger partial charge in [0.1, 0.15) is 11.8 Å². The SMILES string of the molecule is CCOc1ccc2[nH]c(=O)c([C@H](c3nnnn3C3CCCCC3)N3CCC(O)CC3)cc2c1. The topological polar surface area (TPSA) is 109 Å². The summed E-state index contributed by atoms with van der Waals surface area (Å²) in [6.45, 7) is 3.89. The van der Waals surface area contributed by atoms with E-state index in [2.05, 4.69) is 25.4 Å². The molecule has 0 spiro atoms. The maximum atomic E-state index is 13.3. The lowest BCUT2D eigenvalue weighted by Gasteiger charge is -2.36. The Morgan fingerprint density at radius 3 is 2.70 bits per heavy atom. The molecule has 9 heteroatoms. The highest BCUT2D eigenvalue weighted by Gasteiger charge is 2.34. The molecule has 33 heavy (non-hydrogen) atoms. The van der Waals surface area contributed by atoms with Crippen LogP contribution in [-0.4, -0.2) is 61.0 Å². The fraction of sp³-hybridized carbons (Fsp3) is 0.583. The lowest BCUT2D eigenvalue weighted by Crippen LogP contribution is -2.42. The van der Waals surface area contributed by atoms with E-state index in [1.807, 2.05) is 35.9 Å². The molecule has 9 nitrogen and oxygen atoms in total. The van der Waals surface area contributed by atoms with E-state index in [9.17, 15) is 9.90 Å². The van der Waals surface area contributed by atoms with Gasteiger partial charge in [-0.15, -0.1) is 5.10 Å². The predicted molar refractivity (Wildman–Crippen MR) is 124 cm³/mol. The van der Waals surface area contributed by atoms with E-state index in [1.54, 1.807) is 0 Å². The second kappa shape index (κ2) is 9.61. The molecule has 2 N–H and O–H groups in total. The quantitative estimate of drug-likeness (QED) is 0.592. The number of benzene rings is 1. The number of nitrogens with zero attached hydrogens (tertiary/aromatic N) is 5. The van der Waals surface area contributed by atoms with Crippen LogP contribution >= 0.6 is 0 Å². The molecule has 0 amide bonds. The molecule has 176 valence electrons. The van der Waals surface area contributed by atoms with Gasteiger partial charge in [0.2, 0.25) is 0 Å². The Hall–Kier alpha value is -2.78. The number of nitrogens with one attached hydrogen (secondary N) is 1. The van der Waals surface area contributed by atoms with Gasteiger partial charge in [-0.2, -0.15) is 0 Å². The van der Waals surface area contributed by atoms with Crippen molar-refractivity contribution in [1.82, 2.24) is 30.1 Å². The number of aliphatic hydroxyl groups excluding tert-OH is 1. The van der Waals surface area contributed by atoms with Crippen LogP contribution in [0.2, 0.25) is 0 Å². The van der Waals surface area contributed by atoms with Crippen LogP contribution in [0.5, 0.6) is 5.75 Å². The number of aromatic nitrogens is 5. The fourth-order valence-corrected chi connectivity index (χ4v) is 5.27. The number of hydrogen-bond donors (Lipinski definition) is 2. The Labute approximate surface area is 192 Å². The molecular formula is C24H32N6O3. The van der Waals surface area contributed by atoms with E-state index >= 15 is 0 Å². The molecule has 1 saturated carbocycles. The summed E-state index contributed by atoms with van der Waals surface area (Å²) in [5, 5.41) is 23.9. The lowest BCUT2D eigenvalue weighted by atomic mass is 9.94. The number of ether oxygens (including phenoxy) is 1. The maximum absolute atomic E-state index is 13.3. The van der Waals surface area contributed by atoms with Gasteiger partial charge >= 0.3 is 0 Å². The molecule has 1 saturated heterocycles. The van der Waals surface area contributed by atoms with Gasteiger partial charge in [0.15, 0.2) is 5.82 Å². The van der Waals surface area contributed by atoms with Crippen molar-refractivity contribution in [2.24, 2.45) is 0 Å². The highest BCUT2D eigenvalue weighted by atomic mass is 16.5. The second-order valence-electron chi connectivity index (χ2n) is 9.18. The van der Waals surface area contributed by atoms with Crippen LogP contribution in [-0.2, 0) is 0 Å². The molecule has 3 aromatic rings. The van der Waals surface area contributed by atoms with Gasteiger partial charge in [-0.1, -0.05) is 19.3 Å². The monoisotopic (exact) mass is 452 g/mol. The van der Waals surface area contributed by atoms with Gasteiger partial charge in [-0.3, -0.25) is 9.69 Å². The first-order valence-electron chi connectivity index (χ1n) is 12.1. The number of piperidine rings is 1. The third kappa shape index (κ3) is 4.52. The molecule has 2 aliphatic rings. The molecule has 1 aromatic carbocycles. The van der Waals surface area contributed by atoms with E-state index in [-0.39, 0.29) is 23.7 Å². The van der Waals surface area contributed by atoms with Gasteiger partial charge < -0.3 is 14.8 Å². The number of rotatable bonds is 6. The van der Waals surface area contributed by atoms with Crippen molar-refractivity contribution in [3.63, 3.8) is 0 Å². The summed E-state index contributed by atoms with van der Waals surface area (Å²) < 4.78 is 7.63. The van der Waals surface area contributed by atoms with Crippen molar-refractivity contribution < 1.29 is 9.84 Å². The van der Waals surface area contributed by atoms with Crippen molar-refractivity contribution in [3.05, 3.63) is 46.0 Å². The van der Waals surface area contributed by atoms with Gasteiger partial charge in [-0.05, 0) is 67.3 Å². The molecule has 0 radical (unpaired) electrons. The summed E-state index contributed by atoms with van der Waals surface area (Å²) in [6, 6.07) is 7.54. The van der Waals surface area contributed by atoms with Crippen molar-refractivity contribution in [2.75, 3.05) is 19.7 Å². The molecule has 5 rings (SSSR count). The third-order valence-electron chi connectivity index (χ3n) is 7.00. The molecule has 1 aliphatic carbocycles. The minimum atomic E-state index is -0.377. The summed E-state index contributed by atoms with van der Waals surface area (Å²) in [7, 11) is 0. The van der Waals surface area contributed by atoms with Crippen molar-refractivity contribution in [3.8, 4) is 5.75 Å². The van der Waals surface area contributed by atoms with Crippen LogP contribution in [0.25, 0.3) is 10.9 Å². The number of likely N-dealkylation sites (tertiary alicyclic amines) is 1. The van der Waals surface area contributed by atoms with Crippen molar-refractivity contribution in [1.29, 1.82) is 0 Å². The summed E-state index contributed by atoms with van der Waals surface area (Å²) >= 11 is 0. The van der Waals surface area contributed by atoms with Gasteiger partial charge in [-0.25, -0.2) is 4.68 Å². The number of pyridine rings is 1. The van der Waals surface area contributed by atoms with E-state index in [1.165, 1.54) is 19.3 Å². The number of hydrogen-bond acceptors (Lipinski definition) is 7. The Bertz CT molecular complexity index is 1140. The molecule has 2 aromatic heterocycles. The van der Waals surface area contributed by atoms with Gasteiger partial charge in [0.05, 0.1) is 18.8 Å². The number of aromatic amines is 1. The van der Waals surface area contributed by atoms with Crippen LogP contribution in [0.1, 0.15) is 75.3 Å². The molecule has 0 unspecified atom stereocenters. The molecule has 0 bridgehead atoms. The number of fused-ring (bicyclic) bond motifs is 1. The summed E-state index contributed by atoms with van der Waals surface area (Å²) in [5.41, 5.74) is 1.26. The average Bonchev–Trinajstić information content (AvgIpc) is 3.31. The fourth-order valence-electron chi connectivity index (χ4n) is 5.27. The van der Waals surface area contributed by atoms with Crippen LogP contribution in [0.3, 0.4) is 0 Å². The molecule has 2 fully saturated rings. The Balaban J connectivity index is 1.61. The lowest BCUT2D eigenvalue weighted by molar-refractivity contribution is 0.0651. The smallest absolute Gasteiger partial charge is 0.253 e. The highest BCUT2D eigenvalue weighted by Crippen LogP contribution is 2.34. The van der Waals surface area contributed by atoms with Crippen LogP contribution in [0, 0.1) is 0 Å². The van der Waals surface area contributed by atoms with Crippen molar-refractivity contribution >= 4 is 10.9 Å². The predicted octanol–water partition coefficient (Wildman–Crippen LogP) is 2.96. The van der Waals surface area contributed by atoms with E-state index in [4.69, 9.17) is 4.74 Å². The highest BCUT2D eigenvalue weighted by molar-refractivity contribution is 5.80. The van der Waals surface area contributed by atoms with E-state index in [0.29, 0.717) is 43.9 Å². The standard InChI is InChI=1S/C24H32N6O3/c1-2-33-19-8-9-21-16(14-19)15-20(24(32)25-21)22(29-12-10-18(31)11-13-29)23-26-27-28-30(23)17-6-4-3-5-7-17/h8-9,14-15,17-18,22,31H,2-7,10-13H2,1H3,(H,25,32)/t22-/m1/s1. The zero-order chi connectivity index (χ0) is 22.8. The average molecular weight is 453 g/mol. The Morgan fingerprint density at radius 1 is 1.15 bits per heavy atom. The first-order chi connectivity index (χ1) is 16.1.